The fourth-order valence-electron chi connectivity index (χ4n) is 1.56. The topological polar surface area (TPSA) is 73.3 Å². The zero-order valence-electron chi connectivity index (χ0n) is 7.97. The molecule has 0 fully saturated rings. The van der Waals surface area contributed by atoms with Crippen LogP contribution in [-0.4, -0.2) is 21.2 Å². The molecule has 1 aromatic heterocycles. The average Bonchev–Trinajstić information content (AvgIpc) is 2.62. The number of benzene rings is 1. The van der Waals surface area contributed by atoms with Gasteiger partial charge in [0.05, 0.1) is 12.5 Å². The van der Waals surface area contributed by atoms with Gasteiger partial charge in [-0.15, -0.1) is 0 Å². The summed E-state index contributed by atoms with van der Waals surface area (Å²) in [6.07, 6.45) is 0.593. The van der Waals surface area contributed by atoms with Crippen molar-refractivity contribution in [2.24, 2.45) is 0 Å². The largest absolute Gasteiger partial charge is 0.481 e. The van der Waals surface area contributed by atoms with E-state index in [2.05, 4.69) is 4.98 Å². The number of aromatic nitrogens is 1. The van der Waals surface area contributed by atoms with Gasteiger partial charge in [-0.3, -0.25) is 4.79 Å². The summed E-state index contributed by atoms with van der Waals surface area (Å²) in [5, 5.41) is 19.1. The predicted octanol–water partition coefficient (Wildman–Crippen LogP) is 1.68. The molecule has 2 rings (SSSR count). The highest BCUT2D eigenvalue weighted by atomic mass is 16.4. The molecule has 0 aliphatic carbocycles. The van der Waals surface area contributed by atoms with Crippen molar-refractivity contribution in [3.63, 3.8) is 0 Å². The first-order valence-electron chi connectivity index (χ1n) is 4.64. The zero-order valence-corrected chi connectivity index (χ0v) is 7.97. The van der Waals surface area contributed by atoms with Gasteiger partial charge >= 0.3 is 5.97 Å². The van der Waals surface area contributed by atoms with Gasteiger partial charge in [-0.25, -0.2) is 0 Å². The maximum Gasteiger partial charge on any atom is 0.306 e. The van der Waals surface area contributed by atoms with E-state index in [1.807, 2.05) is 12.1 Å². The second-order valence-corrected chi connectivity index (χ2v) is 3.44. The van der Waals surface area contributed by atoms with E-state index < -0.39 is 12.1 Å². The molecule has 3 N–H and O–H groups in total. The second-order valence-electron chi connectivity index (χ2n) is 3.44. The van der Waals surface area contributed by atoms with E-state index in [-0.39, 0.29) is 6.42 Å². The summed E-state index contributed by atoms with van der Waals surface area (Å²) in [4.78, 5) is 13.5. The van der Waals surface area contributed by atoms with E-state index >= 15 is 0 Å². The number of carboxylic acid groups (broad SMARTS) is 1. The number of fused-ring (bicyclic) bond motifs is 1. The summed E-state index contributed by atoms with van der Waals surface area (Å²) in [6, 6.07) is 7.23. The SMILES string of the molecule is O=C(O)CC(O)c1ccc2[nH]ccc2c1. The van der Waals surface area contributed by atoms with Crippen LogP contribution in [0.2, 0.25) is 0 Å². The number of rotatable bonds is 3. The zero-order chi connectivity index (χ0) is 10.8. The Hall–Kier alpha value is -1.81. The third-order valence-corrected chi connectivity index (χ3v) is 2.33. The van der Waals surface area contributed by atoms with Crippen LogP contribution in [0.15, 0.2) is 30.5 Å². The highest BCUT2D eigenvalue weighted by Gasteiger charge is 2.12. The number of aliphatic hydroxyl groups is 1. The summed E-state index contributed by atoms with van der Waals surface area (Å²) in [6.45, 7) is 0. The smallest absolute Gasteiger partial charge is 0.306 e. The molecule has 0 aliphatic rings. The molecule has 4 nitrogen and oxygen atoms in total. The molecule has 78 valence electrons. The van der Waals surface area contributed by atoms with Crippen molar-refractivity contribution in [1.82, 2.24) is 4.98 Å². The van der Waals surface area contributed by atoms with Crippen LogP contribution in [-0.2, 0) is 4.79 Å². The fraction of sp³-hybridized carbons (Fsp3) is 0.182. The third kappa shape index (κ3) is 1.99. The van der Waals surface area contributed by atoms with Gasteiger partial charge in [0, 0.05) is 11.7 Å². The molecule has 0 bridgehead atoms. The highest BCUT2D eigenvalue weighted by Crippen LogP contribution is 2.21. The van der Waals surface area contributed by atoms with Crippen molar-refractivity contribution in [2.45, 2.75) is 12.5 Å². The van der Waals surface area contributed by atoms with Crippen LogP contribution in [0.4, 0.5) is 0 Å². The quantitative estimate of drug-likeness (QED) is 0.713. The number of aliphatic hydroxyl groups excluding tert-OH is 1. The lowest BCUT2D eigenvalue weighted by Crippen LogP contribution is -2.05. The van der Waals surface area contributed by atoms with Gasteiger partial charge in [-0.2, -0.15) is 0 Å². The Kier molecular flexibility index (Phi) is 2.43. The Bertz CT molecular complexity index is 489. The van der Waals surface area contributed by atoms with E-state index in [4.69, 9.17) is 5.11 Å². The van der Waals surface area contributed by atoms with Crippen LogP contribution in [0.5, 0.6) is 0 Å². The molecule has 0 spiro atoms. The Morgan fingerprint density at radius 2 is 2.20 bits per heavy atom. The van der Waals surface area contributed by atoms with Crippen LogP contribution in [0.25, 0.3) is 10.9 Å². The van der Waals surface area contributed by atoms with Gasteiger partial charge in [0.15, 0.2) is 0 Å². The van der Waals surface area contributed by atoms with Crippen LogP contribution in [0, 0.1) is 0 Å². The number of aliphatic carboxylic acids is 1. The molecule has 0 radical (unpaired) electrons. The summed E-state index contributed by atoms with van der Waals surface area (Å²) < 4.78 is 0. The van der Waals surface area contributed by atoms with Crippen molar-refractivity contribution in [1.29, 1.82) is 0 Å². The van der Waals surface area contributed by atoms with Crippen molar-refractivity contribution < 1.29 is 15.0 Å². The highest BCUT2D eigenvalue weighted by molar-refractivity contribution is 5.80. The number of hydrogen-bond acceptors (Lipinski definition) is 2. The molecule has 0 aliphatic heterocycles. The predicted molar refractivity (Wildman–Crippen MR) is 55.5 cm³/mol. The van der Waals surface area contributed by atoms with Crippen molar-refractivity contribution in [2.75, 3.05) is 0 Å². The molecule has 1 aromatic carbocycles. The molecule has 0 amide bonds. The first kappa shape index (κ1) is 9.73. The van der Waals surface area contributed by atoms with Crippen molar-refractivity contribution in [3.05, 3.63) is 36.0 Å². The molecule has 1 atom stereocenters. The number of nitrogens with one attached hydrogen (secondary N) is 1. The maximum absolute atomic E-state index is 10.4. The summed E-state index contributed by atoms with van der Waals surface area (Å²) in [5.74, 6) is -1.00. The van der Waals surface area contributed by atoms with E-state index in [0.29, 0.717) is 5.56 Å². The number of hydrogen-bond donors (Lipinski definition) is 3. The summed E-state index contributed by atoms with van der Waals surface area (Å²) >= 11 is 0. The van der Waals surface area contributed by atoms with Crippen molar-refractivity contribution >= 4 is 16.9 Å². The van der Waals surface area contributed by atoms with Crippen LogP contribution in [0.1, 0.15) is 18.1 Å². The van der Waals surface area contributed by atoms with Gasteiger partial charge in [0.25, 0.3) is 0 Å². The normalized spacial score (nSPS) is 12.9. The lowest BCUT2D eigenvalue weighted by molar-refractivity contribution is -0.139. The van der Waals surface area contributed by atoms with Gasteiger partial charge in [0.1, 0.15) is 0 Å². The van der Waals surface area contributed by atoms with E-state index in [1.54, 1.807) is 18.3 Å². The Balaban J connectivity index is 2.30. The van der Waals surface area contributed by atoms with E-state index in [9.17, 15) is 9.90 Å². The third-order valence-electron chi connectivity index (χ3n) is 2.33. The maximum atomic E-state index is 10.4. The molecule has 0 saturated carbocycles. The van der Waals surface area contributed by atoms with Crippen molar-refractivity contribution in [3.8, 4) is 0 Å². The minimum atomic E-state index is -1.00. The molecule has 1 unspecified atom stereocenters. The van der Waals surface area contributed by atoms with E-state index in [1.165, 1.54) is 0 Å². The monoisotopic (exact) mass is 205 g/mol. The van der Waals surface area contributed by atoms with Crippen LogP contribution in [0.3, 0.4) is 0 Å². The molecule has 4 heteroatoms. The number of carbonyl (C=O) groups is 1. The van der Waals surface area contributed by atoms with Crippen LogP contribution < -0.4 is 0 Å². The standard InChI is InChI=1S/C11H11NO3/c13-10(6-11(14)15)8-1-2-9-7(5-8)3-4-12-9/h1-5,10,12-13H,6H2,(H,14,15). The minimum absolute atomic E-state index is 0.268. The average molecular weight is 205 g/mol. The lowest BCUT2D eigenvalue weighted by Gasteiger charge is -2.07. The minimum Gasteiger partial charge on any atom is -0.481 e. The Morgan fingerprint density at radius 3 is 2.93 bits per heavy atom. The number of H-pyrrole nitrogens is 1. The fourth-order valence-corrected chi connectivity index (χ4v) is 1.56. The molecule has 0 saturated heterocycles. The number of carboxylic acids is 1. The Labute approximate surface area is 86.2 Å². The Morgan fingerprint density at radius 1 is 1.40 bits per heavy atom. The van der Waals surface area contributed by atoms with Gasteiger partial charge in [-0.05, 0) is 29.1 Å². The van der Waals surface area contributed by atoms with E-state index in [0.717, 1.165) is 10.9 Å². The second kappa shape index (κ2) is 3.74. The number of aromatic amines is 1. The first-order valence-corrected chi connectivity index (χ1v) is 4.64. The molecule has 15 heavy (non-hydrogen) atoms. The molecule has 2 aromatic rings. The van der Waals surface area contributed by atoms with Gasteiger partial charge in [-0.1, -0.05) is 6.07 Å². The molecule has 1 heterocycles. The summed E-state index contributed by atoms with van der Waals surface area (Å²) in [7, 11) is 0. The lowest BCUT2D eigenvalue weighted by atomic mass is 10.1. The molecular formula is C11H11NO3. The van der Waals surface area contributed by atoms with Crippen LogP contribution >= 0.6 is 0 Å². The first-order chi connectivity index (χ1) is 7.16. The van der Waals surface area contributed by atoms with Gasteiger partial charge in [0.2, 0.25) is 0 Å². The molecular weight excluding hydrogens is 194 g/mol. The van der Waals surface area contributed by atoms with Gasteiger partial charge < -0.3 is 15.2 Å². The summed E-state index contributed by atoms with van der Waals surface area (Å²) in [5.41, 5.74) is 1.60.